The van der Waals surface area contributed by atoms with E-state index >= 15 is 0 Å². The van der Waals surface area contributed by atoms with Gasteiger partial charge < -0.3 is 24.1 Å². The van der Waals surface area contributed by atoms with Gasteiger partial charge in [0.1, 0.15) is 11.5 Å². The van der Waals surface area contributed by atoms with Crippen LogP contribution in [-0.4, -0.2) is 48.4 Å². The number of nitrogens with zero attached hydrogens (tertiary/aromatic N) is 3. The standard InChI is InChI=1S/C16H20N4O4/c1-10-18-19-15(24-10)11-4-5-20(9-11)16(21)17-12-6-13(22-2)8-14(7-12)23-3/h6-8,11H,4-5,9H2,1-3H3,(H,17,21). The molecule has 1 N–H and O–H groups in total. The second-order valence-corrected chi connectivity index (χ2v) is 5.62. The van der Waals surface area contributed by atoms with Crippen LogP contribution in [0.4, 0.5) is 10.5 Å². The van der Waals surface area contributed by atoms with Crippen molar-refractivity contribution in [2.45, 2.75) is 19.3 Å². The van der Waals surface area contributed by atoms with Gasteiger partial charge in [-0.25, -0.2) is 4.79 Å². The Morgan fingerprint density at radius 3 is 2.54 bits per heavy atom. The Morgan fingerprint density at radius 1 is 1.25 bits per heavy atom. The predicted molar refractivity (Wildman–Crippen MR) is 86.5 cm³/mol. The minimum Gasteiger partial charge on any atom is -0.497 e. The highest BCUT2D eigenvalue weighted by atomic mass is 16.5. The third kappa shape index (κ3) is 3.42. The number of rotatable bonds is 4. The molecule has 2 heterocycles. The minimum absolute atomic E-state index is 0.0804. The average Bonchev–Trinajstić information content (AvgIpc) is 3.23. The van der Waals surface area contributed by atoms with Crippen molar-refractivity contribution in [2.75, 3.05) is 32.6 Å². The van der Waals surface area contributed by atoms with Gasteiger partial charge in [0, 0.05) is 43.9 Å². The van der Waals surface area contributed by atoms with Gasteiger partial charge in [0.25, 0.3) is 0 Å². The average molecular weight is 332 g/mol. The van der Waals surface area contributed by atoms with E-state index in [-0.39, 0.29) is 11.9 Å². The molecule has 8 heteroatoms. The lowest BCUT2D eigenvalue weighted by atomic mass is 10.1. The second kappa shape index (κ2) is 6.77. The molecule has 1 aliphatic heterocycles. The highest BCUT2D eigenvalue weighted by molar-refractivity contribution is 5.90. The van der Waals surface area contributed by atoms with Crippen LogP contribution in [-0.2, 0) is 0 Å². The third-order valence-corrected chi connectivity index (χ3v) is 3.97. The van der Waals surface area contributed by atoms with Crippen molar-refractivity contribution in [2.24, 2.45) is 0 Å². The zero-order chi connectivity index (χ0) is 17.1. The number of aromatic nitrogens is 2. The molecule has 3 rings (SSSR count). The predicted octanol–water partition coefficient (Wildman–Crippen LogP) is 2.42. The summed E-state index contributed by atoms with van der Waals surface area (Å²) < 4.78 is 15.9. The van der Waals surface area contributed by atoms with Gasteiger partial charge in [-0.05, 0) is 6.42 Å². The van der Waals surface area contributed by atoms with Crippen LogP contribution in [0.5, 0.6) is 11.5 Å². The molecule has 0 saturated carbocycles. The fraction of sp³-hybridized carbons (Fsp3) is 0.438. The number of anilines is 1. The fourth-order valence-corrected chi connectivity index (χ4v) is 2.71. The largest absolute Gasteiger partial charge is 0.497 e. The Bertz CT molecular complexity index is 708. The number of likely N-dealkylation sites (tertiary alicyclic amines) is 1. The third-order valence-electron chi connectivity index (χ3n) is 3.97. The molecule has 2 amide bonds. The second-order valence-electron chi connectivity index (χ2n) is 5.62. The molecule has 1 aliphatic rings. The lowest BCUT2D eigenvalue weighted by Crippen LogP contribution is -2.32. The van der Waals surface area contributed by atoms with Crippen LogP contribution in [0.2, 0.25) is 0 Å². The molecule has 0 aliphatic carbocycles. The van der Waals surface area contributed by atoms with E-state index in [0.717, 1.165) is 6.42 Å². The molecule has 1 aromatic carbocycles. The Labute approximate surface area is 139 Å². The summed E-state index contributed by atoms with van der Waals surface area (Å²) in [6, 6.07) is 5.06. The fourth-order valence-electron chi connectivity index (χ4n) is 2.71. The van der Waals surface area contributed by atoms with E-state index in [1.165, 1.54) is 0 Å². The molecule has 0 spiro atoms. The van der Waals surface area contributed by atoms with Gasteiger partial charge in [0.2, 0.25) is 11.8 Å². The Hall–Kier alpha value is -2.77. The molecule has 0 radical (unpaired) electrons. The van der Waals surface area contributed by atoms with Crippen LogP contribution in [0.15, 0.2) is 22.6 Å². The summed E-state index contributed by atoms with van der Waals surface area (Å²) >= 11 is 0. The number of nitrogens with one attached hydrogen (secondary N) is 1. The first-order chi connectivity index (χ1) is 11.6. The molecule has 24 heavy (non-hydrogen) atoms. The Kier molecular flexibility index (Phi) is 4.54. The van der Waals surface area contributed by atoms with Crippen LogP contribution in [0, 0.1) is 6.92 Å². The normalized spacial score (nSPS) is 17.0. The zero-order valence-electron chi connectivity index (χ0n) is 13.9. The van der Waals surface area contributed by atoms with Crippen molar-refractivity contribution < 1.29 is 18.7 Å². The number of ether oxygens (including phenoxy) is 2. The first kappa shape index (κ1) is 16.1. The SMILES string of the molecule is COc1cc(NC(=O)N2CCC(c3nnc(C)o3)C2)cc(OC)c1. The van der Waals surface area contributed by atoms with Crippen molar-refractivity contribution in [3.05, 3.63) is 30.0 Å². The summed E-state index contributed by atoms with van der Waals surface area (Å²) in [6.07, 6.45) is 0.802. The smallest absolute Gasteiger partial charge is 0.321 e. The highest BCUT2D eigenvalue weighted by Crippen LogP contribution is 2.28. The van der Waals surface area contributed by atoms with Crippen LogP contribution < -0.4 is 14.8 Å². The number of hydrogen-bond donors (Lipinski definition) is 1. The molecule has 1 saturated heterocycles. The number of benzene rings is 1. The number of amides is 2. The van der Waals surface area contributed by atoms with Crippen LogP contribution >= 0.6 is 0 Å². The van der Waals surface area contributed by atoms with Crippen molar-refractivity contribution in [1.29, 1.82) is 0 Å². The van der Waals surface area contributed by atoms with Gasteiger partial charge in [0.05, 0.1) is 20.1 Å². The number of carbonyl (C=O) groups is 1. The van der Waals surface area contributed by atoms with E-state index in [4.69, 9.17) is 13.9 Å². The van der Waals surface area contributed by atoms with Gasteiger partial charge in [-0.2, -0.15) is 0 Å². The summed E-state index contributed by atoms with van der Waals surface area (Å²) in [7, 11) is 3.13. The topological polar surface area (TPSA) is 89.7 Å². The van der Waals surface area contributed by atoms with Gasteiger partial charge in [0.15, 0.2) is 0 Å². The molecule has 128 valence electrons. The van der Waals surface area contributed by atoms with E-state index in [2.05, 4.69) is 15.5 Å². The lowest BCUT2D eigenvalue weighted by Gasteiger charge is -2.17. The molecular formula is C16H20N4O4. The van der Waals surface area contributed by atoms with Crippen molar-refractivity contribution in [3.8, 4) is 11.5 Å². The molecule has 1 unspecified atom stereocenters. The zero-order valence-corrected chi connectivity index (χ0v) is 13.9. The minimum atomic E-state index is -0.177. The van der Waals surface area contributed by atoms with Gasteiger partial charge in [-0.1, -0.05) is 0 Å². The summed E-state index contributed by atoms with van der Waals surface area (Å²) in [4.78, 5) is 14.2. The number of urea groups is 1. The van der Waals surface area contributed by atoms with E-state index in [9.17, 15) is 4.79 Å². The maximum atomic E-state index is 12.5. The molecule has 1 aromatic heterocycles. The molecule has 0 bridgehead atoms. The summed E-state index contributed by atoms with van der Waals surface area (Å²) in [5.74, 6) is 2.44. The Morgan fingerprint density at radius 2 is 1.96 bits per heavy atom. The summed E-state index contributed by atoms with van der Waals surface area (Å²) in [5, 5.41) is 10.8. The summed E-state index contributed by atoms with van der Waals surface area (Å²) in [5.41, 5.74) is 0.619. The van der Waals surface area contributed by atoms with Crippen LogP contribution in [0.3, 0.4) is 0 Å². The molecule has 1 atom stereocenters. The first-order valence-corrected chi connectivity index (χ1v) is 7.68. The molecule has 8 nitrogen and oxygen atoms in total. The van der Waals surface area contributed by atoms with Gasteiger partial charge >= 0.3 is 6.03 Å². The molecular weight excluding hydrogens is 312 g/mol. The van der Waals surface area contributed by atoms with E-state index < -0.39 is 0 Å². The van der Waals surface area contributed by atoms with Crippen LogP contribution in [0.1, 0.15) is 24.1 Å². The van der Waals surface area contributed by atoms with Gasteiger partial charge in [-0.3, -0.25) is 0 Å². The first-order valence-electron chi connectivity index (χ1n) is 7.68. The van der Waals surface area contributed by atoms with E-state index in [1.54, 1.807) is 44.2 Å². The van der Waals surface area contributed by atoms with Gasteiger partial charge in [-0.15, -0.1) is 10.2 Å². The highest BCUT2D eigenvalue weighted by Gasteiger charge is 2.30. The number of methoxy groups -OCH3 is 2. The van der Waals surface area contributed by atoms with Crippen molar-refractivity contribution in [1.82, 2.24) is 15.1 Å². The quantitative estimate of drug-likeness (QED) is 0.925. The maximum absolute atomic E-state index is 12.5. The maximum Gasteiger partial charge on any atom is 0.321 e. The van der Waals surface area contributed by atoms with Crippen molar-refractivity contribution in [3.63, 3.8) is 0 Å². The number of carbonyl (C=O) groups excluding carboxylic acids is 1. The van der Waals surface area contributed by atoms with Crippen LogP contribution in [0.25, 0.3) is 0 Å². The van der Waals surface area contributed by atoms with Crippen molar-refractivity contribution >= 4 is 11.7 Å². The summed E-state index contributed by atoms with van der Waals surface area (Å²) in [6.45, 7) is 2.94. The monoisotopic (exact) mass is 332 g/mol. The number of hydrogen-bond acceptors (Lipinski definition) is 6. The molecule has 2 aromatic rings. The van der Waals surface area contributed by atoms with E-state index in [1.807, 2.05) is 0 Å². The Balaban J connectivity index is 1.65. The molecule has 1 fully saturated rings. The lowest BCUT2D eigenvalue weighted by molar-refractivity contribution is 0.221. The van der Waals surface area contributed by atoms with E-state index in [0.29, 0.717) is 42.1 Å². The number of aryl methyl sites for hydroxylation is 1.